The van der Waals surface area contributed by atoms with Gasteiger partial charge in [-0.25, -0.2) is 4.79 Å². The lowest BCUT2D eigenvalue weighted by Crippen LogP contribution is -2.55. The van der Waals surface area contributed by atoms with Crippen LogP contribution in [0, 0.1) is 0 Å². The predicted octanol–water partition coefficient (Wildman–Crippen LogP) is 3.79. The Kier molecular flexibility index (Phi) is 7.39. The van der Waals surface area contributed by atoms with E-state index in [9.17, 15) is 4.79 Å². The fraction of sp³-hybridized carbons (Fsp3) is 0.444. The first-order chi connectivity index (χ1) is 17.2. The minimum atomic E-state index is 0.0131. The Labute approximate surface area is 206 Å². The Morgan fingerprint density at radius 2 is 1.63 bits per heavy atom. The summed E-state index contributed by atoms with van der Waals surface area (Å²) in [6, 6.07) is 20.8. The van der Waals surface area contributed by atoms with Crippen LogP contribution in [0.2, 0.25) is 0 Å². The molecule has 2 aliphatic heterocycles. The average molecular weight is 475 g/mol. The van der Waals surface area contributed by atoms with E-state index in [0.29, 0.717) is 24.8 Å². The van der Waals surface area contributed by atoms with Crippen molar-refractivity contribution in [1.82, 2.24) is 30.2 Å². The predicted molar refractivity (Wildman–Crippen MR) is 135 cm³/mol. The number of rotatable bonds is 6. The van der Waals surface area contributed by atoms with Crippen LogP contribution in [-0.4, -0.2) is 76.2 Å². The average Bonchev–Trinajstić information content (AvgIpc) is 3.41. The van der Waals surface area contributed by atoms with E-state index in [1.54, 1.807) is 0 Å². The van der Waals surface area contributed by atoms with E-state index in [0.717, 1.165) is 51.1 Å². The fourth-order valence-corrected chi connectivity index (χ4v) is 4.92. The zero-order chi connectivity index (χ0) is 24.0. The molecule has 8 heteroatoms. The first-order valence-electron chi connectivity index (χ1n) is 12.6. The number of amides is 2. The summed E-state index contributed by atoms with van der Waals surface area (Å²) in [5, 5.41) is 7.42. The maximum absolute atomic E-state index is 12.9. The molecule has 2 aliphatic rings. The lowest BCUT2D eigenvalue weighted by molar-refractivity contribution is 0.0969. The van der Waals surface area contributed by atoms with Crippen LogP contribution in [0.4, 0.5) is 4.79 Å². The SMILES string of the molecule is CC(c1nc(-c2ccccc2)no1)N1CCN(C(=O)NC2CCN(Cc3ccccc3)CC2)CC1. The number of likely N-dealkylation sites (tertiary alicyclic amines) is 1. The zero-order valence-electron chi connectivity index (χ0n) is 20.3. The van der Waals surface area contributed by atoms with Gasteiger partial charge in [0.25, 0.3) is 0 Å². The van der Waals surface area contributed by atoms with Crippen LogP contribution in [-0.2, 0) is 6.54 Å². The Morgan fingerprint density at radius 1 is 0.971 bits per heavy atom. The van der Waals surface area contributed by atoms with Crippen LogP contribution < -0.4 is 5.32 Å². The molecule has 0 spiro atoms. The largest absolute Gasteiger partial charge is 0.337 e. The van der Waals surface area contributed by atoms with E-state index in [1.807, 2.05) is 35.2 Å². The summed E-state index contributed by atoms with van der Waals surface area (Å²) < 4.78 is 5.56. The molecule has 0 aliphatic carbocycles. The monoisotopic (exact) mass is 474 g/mol. The number of nitrogens with one attached hydrogen (secondary N) is 1. The molecule has 2 saturated heterocycles. The molecule has 1 N–H and O–H groups in total. The van der Waals surface area contributed by atoms with E-state index < -0.39 is 0 Å². The van der Waals surface area contributed by atoms with Crippen molar-refractivity contribution < 1.29 is 9.32 Å². The van der Waals surface area contributed by atoms with Crippen molar-refractivity contribution in [2.75, 3.05) is 39.3 Å². The van der Waals surface area contributed by atoms with E-state index in [1.165, 1.54) is 5.56 Å². The van der Waals surface area contributed by atoms with Crippen molar-refractivity contribution in [3.05, 3.63) is 72.1 Å². The maximum atomic E-state index is 12.9. The summed E-state index contributed by atoms with van der Waals surface area (Å²) >= 11 is 0. The molecule has 184 valence electrons. The third-order valence-corrected chi connectivity index (χ3v) is 7.14. The van der Waals surface area contributed by atoms with Crippen molar-refractivity contribution in [2.45, 2.75) is 38.4 Å². The van der Waals surface area contributed by atoms with Gasteiger partial charge in [0.1, 0.15) is 0 Å². The highest BCUT2D eigenvalue weighted by Crippen LogP contribution is 2.23. The van der Waals surface area contributed by atoms with E-state index in [-0.39, 0.29) is 18.1 Å². The van der Waals surface area contributed by atoms with Crippen LogP contribution in [0.3, 0.4) is 0 Å². The number of urea groups is 1. The number of hydrogen-bond acceptors (Lipinski definition) is 6. The summed E-state index contributed by atoms with van der Waals surface area (Å²) in [7, 11) is 0. The summed E-state index contributed by atoms with van der Waals surface area (Å²) in [5.41, 5.74) is 2.29. The molecule has 1 atom stereocenters. The molecule has 3 aromatic rings. The Hall–Kier alpha value is -3.23. The van der Waals surface area contributed by atoms with Gasteiger partial charge < -0.3 is 14.7 Å². The number of piperidine rings is 1. The molecule has 5 rings (SSSR count). The molecule has 1 unspecified atom stereocenters. The summed E-state index contributed by atoms with van der Waals surface area (Å²) in [6.45, 7) is 8.06. The number of piperazine rings is 1. The van der Waals surface area contributed by atoms with Crippen LogP contribution in [0.25, 0.3) is 11.4 Å². The lowest BCUT2D eigenvalue weighted by atomic mass is 10.0. The minimum Gasteiger partial charge on any atom is -0.337 e. The lowest BCUT2D eigenvalue weighted by Gasteiger charge is -2.38. The first kappa shape index (κ1) is 23.5. The summed E-state index contributed by atoms with van der Waals surface area (Å²) in [6.07, 6.45) is 1.99. The Bertz CT molecular complexity index is 1070. The summed E-state index contributed by atoms with van der Waals surface area (Å²) in [4.78, 5) is 24.2. The molecular formula is C27H34N6O2. The normalized spacial score (nSPS) is 18.9. The molecule has 2 aromatic carbocycles. The van der Waals surface area contributed by atoms with Gasteiger partial charge in [0.15, 0.2) is 0 Å². The third-order valence-electron chi connectivity index (χ3n) is 7.14. The second-order valence-corrected chi connectivity index (χ2v) is 9.51. The standard InChI is InChI=1S/C27H34N6O2/c1-21(26-29-25(30-35-26)23-10-6-3-7-11-23)32-16-18-33(19-17-32)27(34)28-24-12-14-31(15-13-24)20-22-8-4-2-5-9-22/h2-11,21,24H,12-20H2,1H3,(H,28,34). The molecule has 0 bridgehead atoms. The number of carbonyl (C=O) groups excluding carboxylic acids is 1. The van der Waals surface area contributed by atoms with Crippen molar-refractivity contribution in [3.63, 3.8) is 0 Å². The van der Waals surface area contributed by atoms with Gasteiger partial charge in [0, 0.05) is 57.4 Å². The Balaban J connectivity index is 1.06. The molecule has 2 fully saturated rings. The van der Waals surface area contributed by atoms with Crippen molar-refractivity contribution in [3.8, 4) is 11.4 Å². The van der Waals surface area contributed by atoms with Gasteiger partial charge in [-0.15, -0.1) is 0 Å². The number of benzene rings is 2. The smallest absolute Gasteiger partial charge is 0.317 e. The van der Waals surface area contributed by atoms with Gasteiger partial charge in [-0.2, -0.15) is 4.98 Å². The van der Waals surface area contributed by atoms with Crippen molar-refractivity contribution >= 4 is 6.03 Å². The fourth-order valence-electron chi connectivity index (χ4n) is 4.92. The summed E-state index contributed by atoms with van der Waals surface area (Å²) in [5.74, 6) is 1.23. The van der Waals surface area contributed by atoms with Gasteiger partial charge in [0.05, 0.1) is 6.04 Å². The molecule has 0 radical (unpaired) electrons. The zero-order valence-corrected chi connectivity index (χ0v) is 20.3. The van der Waals surface area contributed by atoms with E-state index in [4.69, 9.17) is 4.52 Å². The van der Waals surface area contributed by atoms with Crippen LogP contribution in [0.1, 0.15) is 37.3 Å². The molecule has 3 heterocycles. The molecule has 8 nitrogen and oxygen atoms in total. The number of hydrogen-bond donors (Lipinski definition) is 1. The van der Waals surface area contributed by atoms with Gasteiger partial charge >= 0.3 is 6.03 Å². The quantitative estimate of drug-likeness (QED) is 0.586. The first-order valence-corrected chi connectivity index (χ1v) is 12.6. The third kappa shape index (κ3) is 5.89. The molecule has 2 amide bonds. The molecular weight excluding hydrogens is 440 g/mol. The molecule has 1 aromatic heterocycles. The highest BCUT2D eigenvalue weighted by Gasteiger charge is 2.29. The van der Waals surface area contributed by atoms with Crippen LogP contribution in [0.15, 0.2) is 65.2 Å². The van der Waals surface area contributed by atoms with Crippen molar-refractivity contribution in [1.29, 1.82) is 0 Å². The van der Waals surface area contributed by atoms with Gasteiger partial charge in [-0.3, -0.25) is 9.80 Å². The second-order valence-electron chi connectivity index (χ2n) is 9.51. The van der Waals surface area contributed by atoms with E-state index >= 15 is 0 Å². The van der Waals surface area contributed by atoms with Gasteiger partial charge in [-0.1, -0.05) is 65.8 Å². The van der Waals surface area contributed by atoms with Gasteiger partial charge in [-0.05, 0) is 25.3 Å². The molecule has 35 heavy (non-hydrogen) atoms. The maximum Gasteiger partial charge on any atom is 0.317 e. The van der Waals surface area contributed by atoms with Crippen LogP contribution in [0.5, 0.6) is 0 Å². The topological polar surface area (TPSA) is 77.7 Å². The van der Waals surface area contributed by atoms with Crippen LogP contribution >= 0.6 is 0 Å². The second kappa shape index (κ2) is 11.0. The number of carbonyl (C=O) groups is 1. The highest BCUT2D eigenvalue weighted by molar-refractivity contribution is 5.74. The highest BCUT2D eigenvalue weighted by atomic mass is 16.5. The Morgan fingerprint density at radius 3 is 2.31 bits per heavy atom. The van der Waals surface area contributed by atoms with Crippen molar-refractivity contribution in [2.24, 2.45) is 0 Å². The minimum absolute atomic E-state index is 0.0131. The van der Waals surface area contributed by atoms with E-state index in [2.05, 4.69) is 62.5 Å². The molecule has 0 saturated carbocycles. The number of nitrogens with zero attached hydrogens (tertiary/aromatic N) is 5. The number of aromatic nitrogens is 2. The van der Waals surface area contributed by atoms with Gasteiger partial charge in [0.2, 0.25) is 11.7 Å².